The van der Waals surface area contributed by atoms with Crippen molar-refractivity contribution in [1.82, 2.24) is 4.90 Å². The number of carbonyl (C=O) groups is 1. The zero-order valence-corrected chi connectivity index (χ0v) is 11.4. The molecular formula is C13H20F3NO3. The second-order valence-corrected chi connectivity index (χ2v) is 5.70. The summed E-state index contributed by atoms with van der Waals surface area (Å²) in [5, 5.41) is 9.93. The molecule has 1 spiro atoms. The lowest BCUT2D eigenvalue weighted by molar-refractivity contribution is -0.202. The number of piperidine rings is 1. The Morgan fingerprint density at radius 1 is 1.40 bits per heavy atom. The first-order chi connectivity index (χ1) is 9.28. The lowest BCUT2D eigenvalue weighted by atomic mass is 9.58. The van der Waals surface area contributed by atoms with Crippen molar-refractivity contribution in [2.75, 3.05) is 20.2 Å². The van der Waals surface area contributed by atoms with E-state index in [1.807, 2.05) is 0 Å². The Hall–Kier alpha value is -0.820. The van der Waals surface area contributed by atoms with E-state index >= 15 is 0 Å². The molecule has 2 fully saturated rings. The molecule has 7 heteroatoms. The Balaban J connectivity index is 1.84. The Bertz CT molecular complexity index is 364. The van der Waals surface area contributed by atoms with Gasteiger partial charge in [-0.15, -0.1) is 0 Å². The van der Waals surface area contributed by atoms with Gasteiger partial charge in [0.2, 0.25) is 5.91 Å². The molecule has 0 aromatic heterocycles. The van der Waals surface area contributed by atoms with Crippen LogP contribution in [0.1, 0.15) is 32.1 Å². The standard InChI is InChI=1S/C13H20F3NO3/c1-20-10-8-9(18)12(10)4-6-17(7-5-12)11(19)2-3-13(14,15)16/h9-10,18H,2-8H2,1H3/t9-,10+/m0/s1. The average Bonchev–Trinajstić information content (AvgIpc) is 2.41. The Morgan fingerprint density at radius 2 is 2.00 bits per heavy atom. The zero-order valence-electron chi connectivity index (χ0n) is 11.4. The first-order valence-corrected chi connectivity index (χ1v) is 6.84. The number of nitrogens with zero attached hydrogens (tertiary/aromatic N) is 1. The molecule has 2 aliphatic rings. The minimum atomic E-state index is -4.29. The van der Waals surface area contributed by atoms with E-state index in [2.05, 4.69) is 0 Å². The third-order valence-electron chi connectivity index (χ3n) is 4.70. The number of hydrogen-bond acceptors (Lipinski definition) is 3. The van der Waals surface area contributed by atoms with Gasteiger partial charge in [0.25, 0.3) is 0 Å². The molecule has 1 amide bonds. The average molecular weight is 295 g/mol. The van der Waals surface area contributed by atoms with Gasteiger partial charge in [-0.3, -0.25) is 4.79 Å². The summed E-state index contributed by atoms with van der Waals surface area (Å²) in [5.41, 5.74) is -0.310. The summed E-state index contributed by atoms with van der Waals surface area (Å²) in [6, 6.07) is 0. The number of amides is 1. The van der Waals surface area contributed by atoms with Crippen LogP contribution in [0.4, 0.5) is 13.2 Å². The lowest BCUT2D eigenvalue weighted by Gasteiger charge is -2.56. The third-order valence-corrected chi connectivity index (χ3v) is 4.70. The Labute approximate surface area is 115 Å². The number of carbonyl (C=O) groups excluding carboxylic acids is 1. The number of methoxy groups -OCH3 is 1. The summed E-state index contributed by atoms with van der Waals surface area (Å²) < 4.78 is 41.6. The topological polar surface area (TPSA) is 49.8 Å². The maximum atomic E-state index is 12.1. The van der Waals surface area contributed by atoms with Crippen molar-refractivity contribution in [3.63, 3.8) is 0 Å². The van der Waals surface area contributed by atoms with Crippen LogP contribution in [0.15, 0.2) is 0 Å². The second-order valence-electron chi connectivity index (χ2n) is 5.70. The highest BCUT2D eigenvalue weighted by atomic mass is 19.4. The van der Waals surface area contributed by atoms with Crippen LogP contribution in [0.2, 0.25) is 0 Å². The molecule has 2 rings (SSSR count). The highest BCUT2D eigenvalue weighted by molar-refractivity contribution is 5.76. The molecule has 2 atom stereocenters. The van der Waals surface area contributed by atoms with E-state index in [1.165, 1.54) is 4.90 Å². The summed E-state index contributed by atoms with van der Waals surface area (Å²) in [7, 11) is 1.60. The van der Waals surface area contributed by atoms with Crippen molar-refractivity contribution in [2.24, 2.45) is 5.41 Å². The second kappa shape index (κ2) is 5.52. The predicted octanol–water partition coefficient (Wildman–Crippen LogP) is 1.72. The van der Waals surface area contributed by atoms with Gasteiger partial charge in [0.1, 0.15) is 0 Å². The van der Waals surface area contributed by atoms with E-state index in [0.717, 1.165) is 0 Å². The van der Waals surface area contributed by atoms with Gasteiger partial charge in [-0.05, 0) is 12.8 Å². The van der Waals surface area contributed by atoms with Crippen LogP contribution in [0, 0.1) is 5.41 Å². The summed E-state index contributed by atoms with van der Waals surface area (Å²) in [6.45, 7) is 0.793. The quantitative estimate of drug-likeness (QED) is 0.862. The third kappa shape index (κ3) is 2.93. The molecule has 1 saturated heterocycles. The fraction of sp³-hybridized carbons (Fsp3) is 0.923. The molecular weight excluding hydrogens is 275 g/mol. The van der Waals surface area contributed by atoms with Crippen LogP contribution in [-0.4, -0.2) is 54.5 Å². The Morgan fingerprint density at radius 3 is 2.45 bits per heavy atom. The molecule has 0 radical (unpaired) electrons. The van der Waals surface area contributed by atoms with Gasteiger partial charge in [-0.1, -0.05) is 0 Å². The first-order valence-electron chi connectivity index (χ1n) is 6.84. The van der Waals surface area contributed by atoms with Gasteiger partial charge in [0, 0.05) is 38.5 Å². The van der Waals surface area contributed by atoms with Crippen LogP contribution in [0.25, 0.3) is 0 Å². The fourth-order valence-electron chi connectivity index (χ4n) is 3.29. The van der Waals surface area contributed by atoms with E-state index in [9.17, 15) is 23.1 Å². The molecule has 0 aromatic rings. The van der Waals surface area contributed by atoms with Crippen LogP contribution in [0.3, 0.4) is 0 Å². The van der Waals surface area contributed by atoms with Gasteiger partial charge < -0.3 is 14.7 Å². The molecule has 1 saturated carbocycles. The molecule has 20 heavy (non-hydrogen) atoms. The number of hydrogen-bond donors (Lipinski definition) is 1. The fourth-order valence-corrected chi connectivity index (χ4v) is 3.29. The van der Waals surface area contributed by atoms with Gasteiger partial charge in [0.15, 0.2) is 0 Å². The monoisotopic (exact) mass is 295 g/mol. The van der Waals surface area contributed by atoms with E-state index in [0.29, 0.717) is 32.4 Å². The molecule has 0 bridgehead atoms. The number of likely N-dealkylation sites (tertiary alicyclic amines) is 1. The molecule has 4 nitrogen and oxygen atoms in total. The van der Waals surface area contributed by atoms with E-state index in [4.69, 9.17) is 4.74 Å². The molecule has 1 heterocycles. The van der Waals surface area contributed by atoms with Crippen molar-refractivity contribution >= 4 is 5.91 Å². The van der Waals surface area contributed by atoms with Crippen LogP contribution in [-0.2, 0) is 9.53 Å². The van der Waals surface area contributed by atoms with Crippen molar-refractivity contribution in [3.05, 3.63) is 0 Å². The summed E-state index contributed by atoms with van der Waals surface area (Å²) in [4.78, 5) is 13.2. The first kappa shape index (κ1) is 15.6. The van der Waals surface area contributed by atoms with E-state index < -0.39 is 31.0 Å². The highest BCUT2D eigenvalue weighted by Gasteiger charge is 2.56. The predicted molar refractivity (Wildman–Crippen MR) is 65.0 cm³/mol. The minimum absolute atomic E-state index is 0.00933. The number of aliphatic hydroxyl groups is 1. The number of ether oxygens (including phenoxy) is 1. The lowest BCUT2D eigenvalue weighted by Crippen LogP contribution is -2.62. The van der Waals surface area contributed by atoms with Crippen LogP contribution in [0.5, 0.6) is 0 Å². The van der Waals surface area contributed by atoms with E-state index in [-0.39, 0.29) is 11.5 Å². The van der Waals surface area contributed by atoms with Crippen molar-refractivity contribution in [3.8, 4) is 0 Å². The van der Waals surface area contributed by atoms with Gasteiger partial charge in [0.05, 0.1) is 18.6 Å². The van der Waals surface area contributed by atoms with Gasteiger partial charge >= 0.3 is 6.18 Å². The molecule has 1 aliphatic carbocycles. The molecule has 116 valence electrons. The van der Waals surface area contributed by atoms with Crippen LogP contribution >= 0.6 is 0 Å². The summed E-state index contributed by atoms with van der Waals surface area (Å²) in [5.74, 6) is -0.458. The smallest absolute Gasteiger partial charge is 0.389 e. The number of rotatable bonds is 3. The zero-order chi connectivity index (χ0) is 15.0. The van der Waals surface area contributed by atoms with Gasteiger partial charge in [-0.25, -0.2) is 0 Å². The normalized spacial score (nSPS) is 29.4. The maximum absolute atomic E-state index is 12.1. The van der Waals surface area contributed by atoms with Gasteiger partial charge in [-0.2, -0.15) is 13.2 Å². The number of alkyl halides is 3. The summed E-state index contributed by atoms with van der Waals surface area (Å²) in [6.07, 6.45) is -4.53. The maximum Gasteiger partial charge on any atom is 0.389 e. The summed E-state index contributed by atoms with van der Waals surface area (Å²) >= 11 is 0. The van der Waals surface area contributed by atoms with E-state index in [1.54, 1.807) is 7.11 Å². The number of aliphatic hydroxyl groups excluding tert-OH is 1. The molecule has 0 aromatic carbocycles. The van der Waals surface area contributed by atoms with Crippen molar-refractivity contribution < 1.29 is 27.8 Å². The van der Waals surface area contributed by atoms with Crippen molar-refractivity contribution in [1.29, 1.82) is 0 Å². The number of halogens is 3. The molecule has 1 aliphatic heterocycles. The van der Waals surface area contributed by atoms with Crippen LogP contribution < -0.4 is 0 Å². The Kier molecular flexibility index (Phi) is 4.30. The minimum Gasteiger partial charge on any atom is -0.392 e. The SMILES string of the molecule is CO[C@@H]1C[C@H](O)C12CCN(C(=O)CCC(F)(F)F)CC2. The highest BCUT2D eigenvalue weighted by Crippen LogP contribution is 2.50. The molecule has 1 N–H and O–H groups in total. The molecule has 0 unspecified atom stereocenters. The largest absolute Gasteiger partial charge is 0.392 e. The van der Waals surface area contributed by atoms with Crippen molar-refractivity contribution in [2.45, 2.75) is 50.5 Å².